The third kappa shape index (κ3) is 11.4. The van der Waals surface area contributed by atoms with Crippen molar-refractivity contribution in [1.82, 2.24) is 20.9 Å². The summed E-state index contributed by atoms with van der Waals surface area (Å²) in [6, 6.07) is 11.2. The molecule has 2 aromatic rings. The van der Waals surface area contributed by atoms with Gasteiger partial charge in [0.05, 0.1) is 4.91 Å². The Morgan fingerprint density at radius 3 is 2.04 bits per heavy atom. The summed E-state index contributed by atoms with van der Waals surface area (Å²) in [5.74, 6) is -3.11. The number of nitrogens with two attached hydrogens (primary N) is 4. The predicted octanol–water partition coefficient (Wildman–Crippen LogP) is 1.24. The molecule has 1 aliphatic heterocycles. The van der Waals surface area contributed by atoms with Crippen molar-refractivity contribution in [2.45, 2.75) is 70.1 Å². The molecule has 16 heteroatoms. The van der Waals surface area contributed by atoms with E-state index >= 15 is 0 Å². The summed E-state index contributed by atoms with van der Waals surface area (Å²) >= 11 is 0.847. The maximum atomic E-state index is 13.7. The van der Waals surface area contributed by atoms with Crippen molar-refractivity contribution in [2.24, 2.45) is 27.9 Å². The lowest BCUT2D eigenvalue weighted by molar-refractivity contribution is -0.132. The number of thioether (sulfide) groups is 1. The Bertz CT molecular complexity index is 1590. The highest BCUT2D eigenvalue weighted by molar-refractivity contribution is 8.18. The van der Waals surface area contributed by atoms with E-state index in [4.69, 9.17) is 22.9 Å². The number of rotatable bonds is 18. The summed E-state index contributed by atoms with van der Waals surface area (Å²) in [5, 5.41) is 7.75. The van der Waals surface area contributed by atoms with Gasteiger partial charge in [-0.25, -0.2) is 0 Å². The minimum atomic E-state index is -1.13. The molecule has 0 spiro atoms. The van der Waals surface area contributed by atoms with Crippen LogP contribution in [-0.4, -0.2) is 76.8 Å². The van der Waals surface area contributed by atoms with Gasteiger partial charge in [-0.15, -0.1) is 0 Å². The Balaban J connectivity index is 1.78. The van der Waals surface area contributed by atoms with Gasteiger partial charge in [-0.1, -0.05) is 42.5 Å². The molecule has 1 saturated heterocycles. The molecule has 1 fully saturated rings. The van der Waals surface area contributed by atoms with Crippen LogP contribution in [0.4, 0.5) is 4.79 Å². The largest absolute Gasteiger partial charge is 0.370 e. The summed E-state index contributed by atoms with van der Waals surface area (Å²) in [5.41, 5.74) is 23.4. The Labute approximate surface area is 295 Å². The van der Waals surface area contributed by atoms with E-state index in [9.17, 15) is 28.8 Å². The fourth-order valence-electron chi connectivity index (χ4n) is 5.06. The number of unbranched alkanes of at least 4 members (excludes halogenated alkanes) is 1. The summed E-state index contributed by atoms with van der Waals surface area (Å²) in [6.07, 6.45) is 3.32. The van der Waals surface area contributed by atoms with Gasteiger partial charge in [-0.2, -0.15) is 0 Å². The van der Waals surface area contributed by atoms with Crippen molar-refractivity contribution in [3.8, 4) is 0 Å². The van der Waals surface area contributed by atoms with Gasteiger partial charge in [0, 0.05) is 18.2 Å². The molecule has 1 aliphatic rings. The molecule has 268 valence electrons. The van der Waals surface area contributed by atoms with Crippen molar-refractivity contribution in [3.05, 3.63) is 76.2 Å². The van der Waals surface area contributed by atoms with Crippen LogP contribution in [0.5, 0.6) is 0 Å². The Morgan fingerprint density at radius 2 is 1.46 bits per heavy atom. The summed E-state index contributed by atoms with van der Waals surface area (Å²) < 4.78 is 0. The highest BCUT2D eigenvalue weighted by Gasteiger charge is 2.36. The standard InChI is InChI=1S/C34H45N9O6S/c1-20(2)43-32(48)26(50-34(43)49)19-21-13-15-23(16-14-21)29(45)40-25(12-8-18-39-33(37)38)30(46)41-24(11-6-7-17-35)31(47)42-27(28(36)44)22-9-4-3-5-10-22/h3-5,9-10,13-16,19-20,24-25,27H,6-8,11-12,17-18,35H2,1-2H3,(H2,36,44)(H,40,45)(H,41,46)(H,42,47)(H4,37,38,39)/b26-19-/t24-,25-,27-/m0/s1. The molecule has 0 unspecified atom stereocenters. The summed E-state index contributed by atoms with van der Waals surface area (Å²) in [7, 11) is 0. The molecule has 0 aliphatic carbocycles. The van der Waals surface area contributed by atoms with Gasteiger partial charge >= 0.3 is 0 Å². The Kier molecular flexibility index (Phi) is 15.0. The normalized spacial score (nSPS) is 15.4. The second kappa shape index (κ2) is 19.1. The zero-order valence-corrected chi connectivity index (χ0v) is 28.9. The second-order valence-electron chi connectivity index (χ2n) is 11.8. The number of nitrogens with one attached hydrogen (secondary N) is 3. The van der Waals surface area contributed by atoms with Gasteiger partial charge in [0.2, 0.25) is 17.7 Å². The molecule has 11 N–H and O–H groups in total. The van der Waals surface area contributed by atoms with E-state index in [1.54, 1.807) is 62.4 Å². The first-order valence-corrected chi connectivity index (χ1v) is 17.0. The molecular weight excluding hydrogens is 662 g/mol. The van der Waals surface area contributed by atoms with Crippen LogP contribution in [0.1, 0.15) is 73.5 Å². The number of guanidine groups is 1. The average molecular weight is 708 g/mol. The SMILES string of the molecule is CC(C)N1C(=O)S/C(=C\c2ccc(C(=O)N[C@@H](CCCN=C(N)N)C(=O)N[C@@H](CCCCN)C(=O)N[C@H](C(N)=O)c3ccccc3)cc2)C1=O. The van der Waals surface area contributed by atoms with E-state index < -0.39 is 41.8 Å². The number of hydrogen-bond donors (Lipinski definition) is 7. The third-order valence-electron chi connectivity index (χ3n) is 7.66. The monoisotopic (exact) mass is 707 g/mol. The Morgan fingerprint density at radius 1 is 0.840 bits per heavy atom. The van der Waals surface area contributed by atoms with E-state index in [-0.39, 0.29) is 53.0 Å². The number of carbonyl (C=O) groups is 6. The van der Waals surface area contributed by atoms with E-state index in [0.717, 1.165) is 11.8 Å². The maximum Gasteiger partial charge on any atom is 0.293 e. The average Bonchev–Trinajstić information content (AvgIpc) is 3.36. The molecule has 3 atom stereocenters. The molecule has 1 heterocycles. The van der Waals surface area contributed by atoms with Crippen LogP contribution in [-0.2, 0) is 19.2 Å². The maximum absolute atomic E-state index is 13.7. The number of carbonyl (C=O) groups excluding carboxylic acids is 6. The predicted molar refractivity (Wildman–Crippen MR) is 192 cm³/mol. The van der Waals surface area contributed by atoms with Crippen molar-refractivity contribution in [2.75, 3.05) is 13.1 Å². The number of primary amides is 1. The smallest absolute Gasteiger partial charge is 0.293 e. The molecule has 0 radical (unpaired) electrons. The van der Waals surface area contributed by atoms with E-state index in [1.807, 2.05) is 0 Å². The first kappa shape index (κ1) is 39.2. The highest BCUT2D eigenvalue weighted by atomic mass is 32.2. The quantitative estimate of drug-likeness (QED) is 0.0505. The van der Waals surface area contributed by atoms with Gasteiger partial charge in [0.25, 0.3) is 17.1 Å². The molecule has 15 nitrogen and oxygen atoms in total. The number of amides is 6. The van der Waals surface area contributed by atoms with Crippen molar-refractivity contribution < 1.29 is 28.8 Å². The molecule has 0 aromatic heterocycles. The van der Waals surface area contributed by atoms with Crippen LogP contribution in [0.3, 0.4) is 0 Å². The molecule has 50 heavy (non-hydrogen) atoms. The van der Waals surface area contributed by atoms with Crippen LogP contribution in [0.25, 0.3) is 6.08 Å². The number of hydrogen-bond acceptors (Lipinski definition) is 9. The van der Waals surface area contributed by atoms with Gasteiger partial charge < -0.3 is 38.9 Å². The number of aliphatic imine (C=N–C) groups is 1. The number of nitrogens with zero attached hydrogens (tertiary/aromatic N) is 2. The fraction of sp³-hybridized carbons (Fsp3) is 0.382. The van der Waals surface area contributed by atoms with Crippen LogP contribution < -0.4 is 38.9 Å². The van der Waals surface area contributed by atoms with Gasteiger partial charge in [0.1, 0.15) is 18.1 Å². The zero-order valence-electron chi connectivity index (χ0n) is 28.1. The first-order chi connectivity index (χ1) is 23.8. The first-order valence-electron chi connectivity index (χ1n) is 16.2. The summed E-state index contributed by atoms with van der Waals surface area (Å²) in [6.45, 7) is 4.07. The van der Waals surface area contributed by atoms with Crippen LogP contribution in [0, 0.1) is 0 Å². The lowest BCUT2D eigenvalue weighted by Gasteiger charge is -2.25. The number of imide groups is 1. The Hall–Kier alpha value is -5.22. The minimum Gasteiger partial charge on any atom is -0.370 e. The number of benzene rings is 2. The lowest BCUT2D eigenvalue weighted by atomic mass is 10.0. The fourth-order valence-corrected chi connectivity index (χ4v) is 6.02. The molecular formula is C34H45N9O6S. The van der Waals surface area contributed by atoms with Crippen molar-refractivity contribution in [3.63, 3.8) is 0 Å². The van der Waals surface area contributed by atoms with Crippen molar-refractivity contribution >= 4 is 58.6 Å². The van der Waals surface area contributed by atoms with Crippen LogP contribution in [0.15, 0.2) is 64.5 Å². The van der Waals surface area contributed by atoms with Gasteiger partial charge in [0.15, 0.2) is 5.96 Å². The zero-order chi connectivity index (χ0) is 36.8. The van der Waals surface area contributed by atoms with Crippen molar-refractivity contribution in [1.29, 1.82) is 0 Å². The van der Waals surface area contributed by atoms with Gasteiger partial charge in [-0.3, -0.25) is 38.7 Å². The minimum absolute atomic E-state index is 0.122. The topological polar surface area (TPSA) is 258 Å². The highest BCUT2D eigenvalue weighted by Crippen LogP contribution is 2.33. The van der Waals surface area contributed by atoms with E-state index in [1.165, 1.54) is 17.0 Å². The lowest BCUT2D eigenvalue weighted by Crippen LogP contribution is -2.54. The summed E-state index contributed by atoms with van der Waals surface area (Å²) in [4.78, 5) is 83.0. The third-order valence-corrected chi connectivity index (χ3v) is 8.55. The van der Waals surface area contributed by atoms with E-state index in [2.05, 4.69) is 20.9 Å². The molecule has 6 amide bonds. The van der Waals surface area contributed by atoms with Gasteiger partial charge in [-0.05, 0) is 93.6 Å². The molecule has 0 bridgehead atoms. The van der Waals surface area contributed by atoms with E-state index in [0.29, 0.717) is 36.9 Å². The second-order valence-corrected chi connectivity index (χ2v) is 12.8. The van der Waals surface area contributed by atoms with Crippen LogP contribution >= 0.6 is 11.8 Å². The molecule has 3 rings (SSSR count). The molecule has 0 saturated carbocycles. The molecule has 2 aromatic carbocycles. The van der Waals surface area contributed by atoms with Crippen LogP contribution in [0.2, 0.25) is 0 Å².